The first kappa shape index (κ1) is 14.4. The number of nitrogens with zero attached hydrogens (tertiary/aromatic N) is 2. The van der Waals surface area contributed by atoms with Crippen LogP contribution in [0.2, 0.25) is 5.02 Å². The Balaban J connectivity index is 2.03. The van der Waals surface area contributed by atoms with Gasteiger partial charge in [0.15, 0.2) is 0 Å². The van der Waals surface area contributed by atoms with Crippen molar-refractivity contribution in [3.8, 4) is 5.69 Å². The van der Waals surface area contributed by atoms with Crippen molar-refractivity contribution >= 4 is 17.3 Å². The van der Waals surface area contributed by atoms with Gasteiger partial charge in [0.2, 0.25) is 0 Å². The van der Waals surface area contributed by atoms with Crippen molar-refractivity contribution in [2.24, 2.45) is 5.73 Å². The van der Waals surface area contributed by atoms with Gasteiger partial charge in [-0.1, -0.05) is 36.6 Å². The zero-order valence-electron chi connectivity index (χ0n) is 12.1. The van der Waals surface area contributed by atoms with E-state index in [0.717, 1.165) is 22.9 Å². The molecule has 1 heterocycles. The van der Waals surface area contributed by atoms with E-state index in [1.807, 2.05) is 35.1 Å². The van der Waals surface area contributed by atoms with Crippen molar-refractivity contribution in [3.05, 3.63) is 41.2 Å². The summed E-state index contributed by atoms with van der Waals surface area (Å²) in [6, 6.07) is 7.86. The van der Waals surface area contributed by atoms with Crippen LogP contribution >= 0.6 is 11.6 Å². The van der Waals surface area contributed by atoms with Crippen molar-refractivity contribution < 1.29 is 0 Å². The first-order valence-corrected chi connectivity index (χ1v) is 7.96. The predicted octanol–water partition coefficient (Wildman–Crippen LogP) is 3.55. The van der Waals surface area contributed by atoms with Crippen LogP contribution in [-0.4, -0.2) is 22.9 Å². The fourth-order valence-corrected chi connectivity index (χ4v) is 3.32. The minimum atomic E-state index is 0.545. The minimum Gasteiger partial charge on any atom is -0.381 e. The molecule has 3 rings (SSSR count). The number of rotatable bonds is 5. The van der Waals surface area contributed by atoms with E-state index in [-0.39, 0.29) is 0 Å². The third-order valence-electron chi connectivity index (χ3n) is 4.09. The summed E-state index contributed by atoms with van der Waals surface area (Å²) < 4.78 is 2.00. The van der Waals surface area contributed by atoms with E-state index >= 15 is 0 Å². The Kier molecular flexibility index (Phi) is 4.46. The molecule has 0 radical (unpaired) electrons. The monoisotopic (exact) mass is 304 g/mol. The van der Waals surface area contributed by atoms with Crippen LogP contribution in [0, 0.1) is 0 Å². The van der Waals surface area contributed by atoms with Gasteiger partial charge in [0.05, 0.1) is 28.3 Å². The summed E-state index contributed by atoms with van der Waals surface area (Å²) in [4.78, 5) is 0. The SMILES string of the molecule is NCCNc1cnn(-c2ccccc2Cl)c1C1CCCC1. The van der Waals surface area contributed by atoms with E-state index in [4.69, 9.17) is 17.3 Å². The normalized spacial score (nSPS) is 15.5. The summed E-state index contributed by atoms with van der Waals surface area (Å²) in [7, 11) is 0. The molecule has 1 fully saturated rings. The van der Waals surface area contributed by atoms with E-state index in [2.05, 4.69) is 10.4 Å². The second-order valence-electron chi connectivity index (χ2n) is 5.50. The van der Waals surface area contributed by atoms with E-state index in [1.165, 1.54) is 31.4 Å². The van der Waals surface area contributed by atoms with E-state index in [0.29, 0.717) is 12.5 Å². The molecule has 0 aliphatic heterocycles. The van der Waals surface area contributed by atoms with Gasteiger partial charge in [-0.3, -0.25) is 0 Å². The summed E-state index contributed by atoms with van der Waals surface area (Å²) in [5.41, 5.74) is 8.89. The second kappa shape index (κ2) is 6.50. The molecular formula is C16H21ClN4. The molecule has 2 aromatic rings. The molecule has 1 aliphatic rings. The Morgan fingerprint density at radius 3 is 2.76 bits per heavy atom. The maximum Gasteiger partial charge on any atom is 0.0835 e. The van der Waals surface area contributed by atoms with E-state index in [1.54, 1.807) is 0 Å². The van der Waals surface area contributed by atoms with Crippen molar-refractivity contribution in [2.45, 2.75) is 31.6 Å². The number of hydrogen-bond acceptors (Lipinski definition) is 3. The van der Waals surface area contributed by atoms with Crippen molar-refractivity contribution in [2.75, 3.05) is 18.4 Å². The number of halogens is 1. The van der Waals surface area contributed by atoms with Crippen LogP contribution in [0.3, 0.4) is 0 Å². The number of nitrogens with two attached hydrogens (primary N) is 1. The van der Waals surface area contributed by atoms with Gasteiger partial charge in [0.25, 0.3) is 0 Å². The van der Waals surface area contributed by atoms with Crippen LogP contribution in [-0.2, 0) is 0 Å². The smallest absolute Gasteiger partial charge is 0.0835 e. The molecule has 21 heavy (non-hydrogen) atoms. The maximum atomic E-state index is 6.35. The Morgan fingerprint density at radius 2 is 2.05 bits per heavy atom. The zero-order valence-corrected chi connectivity index (χ0v) is 12.8. The quantitative estimate of drug-likeness (QED) is 0.888. The molecule has 1 aromatic carbocycles. The molecule has 0 spiro atoms. The molecule has 5 heteroatoms. The Labute approximate surface area is 130 Å². The number of benzene rings is 1. The lowest BCUT2D eigenvalue weighted by atomic mass is 10.0. The summed E-state index contributed by atoms with van der Waals surface area (Å²) in [6.07, 6.45) is 6.90. The lowest BCUT2D eigenvalue weighted by Gasteiger charge is -2.16. The zero-order chi connectivity index (χ0) is 14.7. The number of nitrogens with one attached hydrogen (secondary N) is 1. The summed E-state index contributed by atoms with van der Waals surface area (Å²) >= 11 is 6.35. The molecule has 0 unspecified atom stereocenters. The van der Waals surface area contributed by atoms with Gasteiger partial charge in [0.1, 0.15) is 0 Å². The number of anilines is 1. The van der Waals surface area contributed by atoms with Crippen LogP contribution in [0.25, 0.3) is 5.69 Å². The number of para-hydroxylation sites is 1. The number of hydrogen-bond donors (Lipinski definition) is 2. The van der Waals surface area contributed by atoms with Gasteiger partial charge in [-0.15, -0.1) is 0 Å². The first-order valence-electron chi connectivity index (χ1n) is 7.58. The molecular weight excluding hydrogens is 284 g/mol. The molecule has 0 amide bonds. The Morgan fingerprint density at radius 1 is 1.29 bits per heavy atom. The molecule has 1 aliphatic carbocycles. The predicted molar refractivity (Wildman–Crippen MR) is 87.3 cm³/mol. The molecule has 4 nitrogen and oxygen atoms in total. The maximum absolute atomic E-state index is 6.35. The molecule has 0 bridgehead atoms. The Hall–Kier alpha value is -1.52. The molecule has 0 saturated heterocycles. The van der Waals surface area contributed by atoms with Crippen LogP contribution in [0.4, 0.5) is 5.69 Å². The van der Waals surface area contributed by atoms with Crippen LogP contribution < -0.4 is 11.1 Å². The first-order chi connectivity index (χ1) is 10.3. The van der Waals surface area contributed by atoms with Crippen LogP contribution in [0.1, 0.15) is 37.3 Å². The van der Waals surface area contributed by atoms with Gasteiger partial charge in [-0.25, -0.2) is 4.68 Å². The summed E-state index contributed by atoms with van der Waals surface area (Å²) in [5.74, 6) is 0.545. The average molecular weight is 305 g/mol. The van der Waals surface area contributed by atoms with Gasteiger partial charge in [-0.2, -0.15) is 5.10 Å². The average Bonchev–Trinajstić information content (AvgIpc) is 3.14. The molecule has 1 aromatic heterocycles. The van der Waals surface area contributed by atoms with Gasteiger partial charge >= 0.3 is 0 Å². The Bertz CT molecular complexity index is 602. The van der Waals surface area contributed by atoms with Crippen LogP contribution in [0.15, 0.2) is 30.5 Å². The fraction of sp³-hybridized carbons (Fsp3) is 0.438. The molecule has 112 valence electrons. The van der Waals surface area contributed by atoms with Gasteiger partial charge in [0, 0.05) is 19.0 Å². The van der Waals surface area contributed by atoms with Crippen molar-refractivity contribution in [1.82, 2.24) is 9.78 Å². The minimum absolute atomic E-state index is 0.545. The van der Waals surface area contributed by atoms with Crippen molar-refractivity contribution in [3.63, 3.8) is 0 Å². The lowest BCUT2D eigenvalue weighted by Crippen LogP contribution is -2.15. The molecule has 3 N–H and O–H groups in total. The lowest BCUT2D eigenvalue weighted by molar-refractivity contribution is 0.656. The van der Waals surface area contributed by atoms with E-state index in [9.17, 15) is 0 Å². The fourth-order valence-electron chi connectivity index (χ4n) is 3.11. The third kappa shape index (κ3) is 2.92. The highest BCUT2D eigenvalue weighted by molar-refractivity contribution is 6.32. The van der Waals surface area contributed by atoms with Gasteiger partial charge < -0.3 is 11.1 Å². The summed E-state index contributed by atoms with van der Waals surface area (Å²) in [6.45, 7) is 1.37. The summed E-state index contributed by atoms with van der Waals surface area (Å²) in [5, 5.41) is 8.70. The highest BCUT2D eigenvalue weighted by Crippen LogP contribution is 2.39. The highest BCUT2D eigenvalue weighted by atomic mass is 35.5. The molecule has 1 saturated carbocycles. The standard InChI is InChI=1S/C16H21ClN4/c17-13-7-3-4-8-15(13)21-16(12-5-1-2-6-12)14(11-20-21)19-10-9-18/h3-4,7-8,11-12,19H,1-2,5-6,9-10,18H2. The topological polar surface area (TPSA) is 55.9 Å². The number of aromatic nitrogens is 2. The third-order valence-corrected chi connectivity index (χ3v) is 4.41. The van der Waals surface area contributed by atoms with E-state index < -0.39 is 0 Å². The molecule has 0 atom stereocenters. The highest BCUT2D eigenvalue weighted by Gasteiger charge is 2.25. The van der Waals surface area contributed by atoms with Gasteiger partial charge in [-0.05, 0) is 25.0 Å². The second-order valence-corrected chi connectivity index (χ2v) is 5.91. The van der Waals surface area contributed by atoms with Crippen LogP contribution in [0.5, 0.6) is 0 Å². The largest absolute Gasteiger partial charge is 0.381 e. The van der Waals surface area contributed by atoms with Crippen molar-refractivity contribution in [1.29, 1.82) is 0 Å².